The van der Waals surface area contributed by atoms with Gasteiger partial charge in [0.2, 0.25) is 53.2 Å². The zero-order valence-electron chi connectivity index (χ0n) is 70.0. The van der Waals surface area contributed by atoms with Crippen LogP contribution in [0.2, 0.25) is 0 Å². The highest BCUT2D eigenvalue weighted by atomic mass is 32.2. The Kier molecular flexibility index (Phi) is 38.7. The number of thioether (sulfide) groups is 2. The molecule has 0 aliphatic carbocycles. The Bertz CT molecular complexity index is 3930. The van der Waals surface area contributed by atoms with Crippen LogP contribution in [0, 0.1) is 35.5 Å². The lowest BCUT2D eigenvalue weighted by Crippen LogP contribution is -2.62. The first-order valence-electron chi connectivity index (χ1n) is 40.1. The second-order valence-corrected chi connectivity index (χ2v) is 35.3. The highest BCUT2D eigenvalue weighted by molar-refractivity contribution is 8.17. The first kappa shape index (κ1) is 97.6. The lowest BCUT2D eigenvalue weighted by atomic mass is 9.81. The molecule has 0 spiro atoms. The number of anilines is 1. The summed E-state index contributed by atoms with van der Waals surface area (Å²) in [4.78, 5) is 246. The number of Topliss-reactive ketones (excluding diaryl/α,β-unsaturated/α-hetero) is 5. The molecular formula is C81H119N11O22S3. The van der Waals surface area contributed by atoms with Gasteiger partial charge in [0.15, 0.2) is 40.8 Å². The summed E-state index contributed by atoms with van der Waals surface area (Å²) in [5, 5.41) is 13.9. The van der Waals surface area contributed by atoms with E-state index in [0.717, 1.165) is 34.9 Å². The Balaban J connectivity index is 1.25. The van der Waals surface area contributed by atoms with E-state index in [1.165, 1.54) is 52.1 Å². The van der Waals surface area contributed by atoms with Gasteiger partial charge in [0, 0.05) is 145 Å². The molecule has 2 aromatic rings. The molecule has 36 heteroatoms. The number of fused-ring (bicyclic) bond motifs is 8. The minimum Gasteiger partial charge on any atom is -0.455 e. The van der Waals surface area contributed by atoms with Crippen LogP contribution in [0.25, 0.3) is 0 Å². The SMILES string of the molecule is CC[C@H](C)[C@H](CC(=O)C(C)(C)N(C)C)C(=O)N(C)[C@H](C[C@@H](OC(C)=O)c1nc(C(=O)N[C@@H](Cc2ccc3c(c2)NC(=O)C(C)CC(=O)C(C)NC(=O)CCOCCCC(=O)C2C(C(=O)CCCOCCC(=O)NC(C)C(=O)CC(C)C(=O)O3)N3C(=O)CC(SCSC4CC(=O)N2C4=O)C3=O)CC(C)C(=O)NCCOCCN)cs1)C(C)C. The molecule has 3 fully saturated rings. The molecule has 3 saturated heterocycles. The van der Waals surface area contributed by atoms with Crippen LogP contribution in [0.5, 0.6) is 5.75 Å². The van der Waals surface area contributed by atoms with E-state index in [4.69, 9.17) is 34.4 Å². The van der Waals surface area contributed by atoms with Crippen LogP contribution in [-0.4, -0.2) is 256 Å². The fraction of sp³-hybridized carbons (Fsp3) is 0.679. The predicted octanol–water partition coefficient (Wildman–Crippen LogP) is 5.04. The smallest absolute Gasteiger partial charge is 0.314 e. The van der Waals surface area contributed by atoms with Crippen LogP contribution in [0.3, 0.4) is 0 Å². The number of benzene rings is 1. The van der Waals surface area contributed by atoms with Gasteiger partial charge in [-0.1, -0.05) is 61.0 Å². The summed E-state index contributed by atoms with van der Waals surface area (Å²) in [6, 6.07) is -3.02. The van der Waals surface area contributed by atoms with E-state index >= 15 is 0 Å². The number of carbonyl (C=O) groups excluding carboxylic acids is 17. The Morgan fingerprint density at radius 1 is 0.726 bits per heavy atom. The number of amides is 10. The number of ether oxygens (including phenoxy) is 5. The third kappa shape index (κ3) is 28.2. The first-order valence-corrected chi connectivity index (χ1v) is 43.1. The van der Waals surface area contributed by atoms with Gasteiger partial charge in [-0.3, -0.25) is 96.2 Å². The Morgan fingerprint density at radius 3 is 1.80 bits per heavy atom. The molecule has 0 radical (unpaired) electrons. The monoisotopic (exact) mass is 1690 g/mol. The number of nitrogens with one attached hydrogen (secondary N) is 5. The average molecular weight is 1700 g/mol. The van der Waals surface area contributed by atoms with E-state index in [2.05, 4.69) is 26.6 Å². The maximum Gasteiger partial charge on any atom is 0.314 e. The van der Waals surface area contributed by atoms with Crippen LogP contribution >= 0.6 is 34.9 Å². The molecule has 648 valence electrons. The van der Waals surface area contributed by atoms with Crippen molar-refractivity contribution in [2.75, 3.05) is 84.3 Å². The predicted molar refractivity (Wildman–Crippen MR) is 436 cm³/mol. The lowest BCUT2D eigenvalue weighted by molar-refractivity contribution is -0.157. The minimum atomic E-state index is -1.86. The Hall–Kier alpha value is -8.26. The summed E-state index contributed by atoms with van der Waals surface area (Å²) in [5.41, 5.74) is 5.00. The fourth-order valence-electron chi connectivity index (χ4n) is 13.9. The van der Waals surface area contributed by atoms with Crippen molar-refractivity contribution in [1.29, 1.82) is 0 Å². The molecule has 4 aliphatic rings. The van der Waals surface area contributed by atoms with Crippen molar-refractivity contribution in [2.24, 2.45) is 41.2 Å². The number of ketones is 5. The van der Waals surface area contributed by atoms with Crippen molar-refractivity contribution in [3.63, 3.8) is 0 Å². The number of esters is 2. The molecule has 1 aromatic carbocycles. The lowest BCUT2D eigenvalue weighted by Gasteiger charge is -2.38. The maximum atomic E-state index is 14.7. The number of thiazole rings is 1. The summed E-state index contributed by atoms with van der Waals surface area (Å²) < 4.78 is 28.7. The normalized spacial score (nSPS) is 23.8. The van der Waals surface area contributed by atoms with Crippen LogP contribution in [0.1, 0.15) is 200 Å². The number of aromatic nitrogens is 1. The molecule has 4 aliphatic heterocycles. The first-order chi connectivity index (χ1) is 55.2. The molecule has 4 bridgehead atoms. The van der Waals surface area contributed by atoms with Gasteiger partial charge in [-0.2, -0.15) is 0 Å². The van der Waals surface area contributed by atoms with E-state index in [1.54, 1.807) is 24.9 Å². The van der Waals surface area contributed by atoms with Crippen LogP contribution in [-0.2, 0) is 102 Å². The van der Waals surface area contributed by atoms with Gasteiger partial charge < -0.3 is 60.9 Å². The second-order valence-electron chi connectivity index (χ2n) is 31.7. The van der Waals surface area contributed by atoms with Gasteiger partial charge in [-0.15, -0.1) is 34.9 Å². The van der Waals surface area contributed by atoms with Crippen molar-refractivity contribution in [2.45, 2.75) is 238 Å². The largest absolute Gasteiger partial charge is 0.455 e. The van der Waals surface area contributed by atoms with Gasteiger partial charge in [0.05, 0.1) is 66.2 Å². The summed E-state index contributed by atoms with van der Waals surface area (Å²) in [6.45, 7) is 20.1. The summed E-state index contributed by atoms with van der Waals surface area (Å²) in [6.07, 6.45) is -3.20. The van der Waals surface area contributed by atoms with Gasteiger partial charge in [-0.25, -0.2) is 4.98 Å². The van der Waals surface area contributed by atoms with Crippen molar-refractivity contribution >= 4 is 140 Å². The van der Waals surface area contributed by atoms with Crippen LogP contribution in [0.4, 0.5) is 5.69 Å². The molecule has 7 N–H and O–H groups in total. The van der Waals surface area contributed by atoms with Crippen molar-refractivity contribution in [1.82, 2.24) is 45.9 Å². The maximum absolute atomic E-state index is 14.7. The Morgan fingerprint density at radius 2 is 1.28 bits per heavy atom. The minimum absolute atomic E-state index is 0.00749. The van der Waals surface area contributed by atoms with E-state index in [9.17, 15) is 81.5 Å². The number of likely N-dealkylation sites (N-methyl/N-ethyl adjacent to an activating group) is 1. The van der Waals surface area contributed by atoms with Crippen LogP contribution in [0.15, 0.2) is 23.6 Å². The van der Waals surface area contributed by atoms with Gasteiger partial charge in [-0.05, 0) is 97.0 Å². The Labute approximate surface area is 696 Å². The molecule has 5 heterocycles. The molecule has 117 heavy (non-hydrogen) atoms. The highest BCUT2D eigenvalue weighted by Crippen LogP contribution is 2.40. The quantitative estimate of drug-likeness (QED) is 0.0328. The van der Waals surface area contributed by atoms with Gasteiger partial charge >= 0.3 is 11.9 Å². The topological polar surface area (TPSA) is 448 Å². The number of hydrogen-bond donors (Lipinski definition) is 6. The van der Waals surface area contributed by atoms with Crippen LogP contribution < -0.4 is 37.1 Å². The second kappa shape index (κ2) is 46.3. The zero-order valence-corrected chi connectivity index (χ0v) is 72.4. The third-order valence-electron chi connectivity index (χ3n) is 21.8. The highest BCUT2D eigenvalue weighted by Gasteiger charge is 2.56. The van der Waals surface area contributed by atoms with Gasteiger partial charge in [0.1, 0.15) is 22.8 Å². The molecule has 6 rings (SSSR count). The zero-order chi connectivity index (χ0) is 86.9. The van der Waals surface area contributed by atoms with E-state index in [0.29, 0.717) is 21.8 Å². The van der Waals surface area contributed by atoms with E-state index in [1.807, 2.05) is 60.5 Å². The van der Waals surface area contributed by atoms with E-state index in [-0.39, 0.29) is 180 Å². The van der Waals surface area contributed by atoms with Crippen molar-refractivity contribution < 1.29 is 105 Å². The number of nitrogens with two attached hydrogens (primary N) is 1. The number of carbonyl (C=O) groups is 17. The molecule has 10 amide bonds. The van der Waals surface area contributed by atoms with Crippen molar-refractivity contribution in [3.05, 3.63) is 39.8 Å². The summed E-state index contributed by atoms with van der Waals surface area (Å²) in [7, 11) is 5.29. The standard InChI is InChI=1S/C81H119N11O22S3/c1-16-45(4)54(38-66(98)81(11,12)89(13)14)77(106)90(15)57(44(2)3)39-63(113-51(10)93)76-88-56(42-115-76)75(105)86-53(33-46(5)73(103)83-26-32-112-31-25-82)36-52-21-22-62-55(37-52)87-74(104)47(6)34-60(96)49(8)84-67(99)23-29-110-27-17-19-58(94)71-72(92-70(102)41-65(79(92)108)117-43-116-64-40-69(101)91(71)78(64)107)59(95)20-18-28-111-30-24-68(100)85-50(9)61(97)35-48(7)80(109)114-62/h21-22,37,42,44-50,53-54,57,63-65,71-72H,16-20,23-36,38-41,43,82H2,1-15H3,(H,83,103)(H,84,99)(H,85,100)(H,86,105)(H,87,104)/t45-,46?,47?,48?,49?,50?,53+,54-,57+,63+,64?,65?,71?,72?/m0/s1. The number of nitrogens with zero attached hydrogens (tertiary/aromatic N) is 5. The molecule has 14 atom stereocenters. The van der Waals surface area contributed by atoms with E-state index < -0.39 is 184 Å². The average Bonchev–Trinajstić information content (AvgIpc) is 1.61. The third-order valence-corrected chi connectivity index (χ3v) is 25.3. The number of rotatable bonds is 25. The molecule has 0 saturated carbocycles. The fourth-order valence-corrected chi connectivity index (χ4v) is 17.4. The van der Waals surface area contributed by atoms with Gasteiger partial charge in [0.25, 0.3) is 5.91 Å². The van der Waals surface area contributed by atoms with Crippen molar-refractivity contribution in [3.8, 4) is 5.75 Å². The molecular weight excluding hydrogens is 1580 g/mol. The molecule has 9 unspecified atom stereocenters. The molecule has 1 aromatic heterocycles. The molecule has 33 nitrogen and oxygen atoms in total. The number of hydrogen-bond acceptors (Lipinski definition) is 28. The number of imide groups is 2. The summed E-state index contributed by atoms with van der Waals surface area (Å²) >= 11 is 3.25. The summed E-state index contributed by atoms with van der Waals surface area (Å²) in [5.74, 6) is -14.9.